The Bertz CT molecular complexity index is 696. The fourth-order valence-electron chi connectivity index (χ4n) is 1.96. The molecule has 5 heteroatoms. The van der Waals surface area contributed by atoms with Gasteiger partial charge in [0, 0.05) is 0 Å². The SMILES string of the molecule is Cc1ccc(C)c(OC(=O)c2cc(O)c(O)c(O)c2)c1C. The van der Waals surface area contributed by atoms with Gasteiger partial charge in [0.05, 0.1) is 5.56 Å². The number of phenolic OH excluding ortho intramolecular Hbond substituents is 3. The van der Waals surface area contributed by atoms with Gasteiger partial charge in [0.15, 0.2) is 17.2 Å². The van der Waals surface area contributed by atoms with Crippen LogP contribution in [0.25, 0.3) is 0 Å². The van der Waals surface area contributed by atoms with E-state index in [1.807, 2.05) is 32.9 Å². The van der Waals surface area contributed by atoms with Gasteiger partial charge in [0.25, 0.3) is 0 Å². The largest absolute Gasteiger partial charge is 0.504 e. The Morgan fingerprint density at radius 1 is 0.952 bits per heavy atom. The fourth-order valence-corrected chi connectivity index (χ4v) is 1.96. The molecule has 0 bridgehead atoms. The second-order valence-corrected chi connectivity index (χ2v) is 4.91. The van der Waals surface area contributed by atoms with Crippen molar-refractivity contribution in [3.05, 3.63) is 46.5 Å². The summed E-state index contributed by atoms with van der Waals surface area (Å²) in [5.41, 5.74) is 2.58. The van der Waals surface area contributed by atoms with Crippen molar-refractivity contribution in [2.45, 2.75) is 20.8 Å². The van der Waals surface area contributed by atoms with Crippen LogP contribution in [0.2, 0.25) is 0 Å². The topological polar surface area (TPSA) is 87.0 Å². The van der Waals surface area contributed by atoms with Gasteiger partial charge >= 0.3 is 5.97 Å². The molecule has 110 valence electrons. The fraction of sp³-hybridized carbons (Fsp3) is 0.188. The van der Waals surface area contributed by atoms with E-state index in [2.05, 4.69) is 0 Å². The van der Waals surface area contributed by atoms with E-state index < -0.39 is 23.2 Å². The minimum atomic E-state index is -0.725. The number of phenols is 3. The van der Waals surface area contributed by atoms with Gasteiger partial charge in [0.1, 0.15) is 5.75 Å². The first-order valence-corrected chi connectivity index (χ1v) is 6.35. The quantitative estimate of drug-likeness (QED) is 0.449. The molecular formula is C16H16O5. The molecule has 0 spiro atoms. The molecule has 0 aliphatic carbocycles. The number of hydrogen-bond acceptors (Lipinski definition) is 5. The molecule has 0 aliphatic rings. The Morgan fingerprint density at radius 2 is 1.48 bits per heavy atom. The lowest BCUT2D eigenvalue weighted by atomic mass is 10.1. The van der Waals surface area contributed by atoms with Crippen LogP contribution < -0.4 is 4.74 Å². The lowest BCUT2D eigenvalue weighted by molar-refractivity contribution is 0.0731. The molecule has 0 heterocycles. The molecule has 0 aromatic heterocycles. The van der Waals surface area contributed by atoms with E-state index in [1.54, 1.807) is 0 Å². The summed E-state index contributed by atoms with van der Waals surface area (Å²) in [4.78, 5) is 12.1. The Morgan fingerprint density at radius 3 is 2.05 bits per heavy atom. The van der Waals surface area contributed by atoms with E-state index in [0.29, 0.717) is 5.75 Å². The molecule has 0 aliphatic heterocycles. The summed E-state index contributed by atoms with van der Waals surface area (Å²) >= 11 is 0. The van der Waals surface area contributed by atoms with Gasteiger partial charge in [-0.1, -0.05) is 12.1 Å². The van der Waals surface area contributed by atoms with Crippen LogP contribution >= 0.6 is 0 Å². The molecule has 5 nitrogen and oxygen atoms in total. The van der Waals surface area contributed by atoms with Crippen molar-refractivity contribution in [2.75, 3.05) is 0 Å². The molecule has 21 heavy (non-hydrogen) atoms. The van der Waals surface area contributed by atoms with Crippen molar-refractivity contribution in [3.63, 3.8) is 0 Å². The second-order valence-electron chi connectivity index (χ2n) is 4.91. The predicted molar refractivity (Wildman–Crippen MR) is 77.0 cm³/mol. The van der Waals surface area contributed by atoms with E-state index in [1.165, 1.54) is 0 Å². The number of aromatic hydroxyl groups is 3. The van der Waals surface area contributed by atoms with Crippen LogP contribution in [-0.4, -0.2) is 21.3 Å². The average Bonchev–Trinajstić information content (AvgIpc) is 2.44. The number of esters is 1. The zero-order chi connectivity index (χ0) is 15.7. The van der Waals surface area contributed by atoms with Crippen LogP contribution in [0, 0.1) is 20.8 Å². The molecule has 0 unspecified atom stereocenters. The first-order valence-electron chi connectivity index (χ1n) is 6.35. The first kappa shape index (κ1) is 14.7. The van der Waals surface area contributed by atoms with Gasteiger partial charge in [-0.3, -0.25) is 0 Å². The minimum Gasteiger partial charge on any atom is -0.504 e. The van der Waals surface area contributed by atoms with Crippen LogP contribution in [-0.2, 0) is 0 Å². The maximum Gasteiger partial charge on any atom is 0.343 e. The summed E-state index contributed by atoms with van der Waals surface area (Å²) in [6.45, 7) is 5.57. The highest BCUT2D eigenvalue weighted by molar-refractivity contribution is 5.93. The van der Waals surface area contributed by atoms with Crippen LogP contribution in [0.15, 0.2) is 24.3 Å². The lowest BCUT2D eigenvalue weighted by Crippen LogP contribution is -2.10. The van der Waals surface area contributed by atoms with Crippen molar-refractivity contribution in [1.29, 1.82) is 0 Å². The average molecular weight is 288 g/mol. The highest BCUT2D eigenvalue weighted by Gasteiger charge is 2.17. The maximum atomic E-state index is 12.1. The van der Waals surface area contributed by atoms with Gasteiger partial charge in [-0.25, -0.2) is 4.79 Å². The third-order valence-corrected chi connectivity index (χ3v) is 3.37. The van der Waals surface area contributed by atoms with E-state index in [9.17, 15) is 20.1 Å². The van der Waals surface area contributed by atoms with Gasteiger partial charge in [-0.2, -0.15) is 0 Å². The zero-order valence-corrected chi connectivity index (χ0v) is 12.0. The number of benzene rings is 2. The van der Waals surface area contributed by atoms with Gasteiger partial charge < -0.3 is 20.1 Å². The number of aryl methyl sites for hydroxylation is 2. The highest BCUT2D eigenvalue weighted by Crippen LogP contribution is 2.36. The van der Waals surface area contributed by atoms with Crippen molar-refractivity contribution < 1.29 is 24.9 Å². The maximum absolute atomic E-state index is 12.1. The summed E-state index contributed by atoms with van der Waals surface area (Å²) in [6.07, 6.45) is 0. The van der Waals surface area contributed by atoms with Gasteiger partial charge in [0.2, 0.25) is 0 Å². The molecule has 3 N–H and O–H groups in total. The number of ether oxygens (including phenoxy) is 1. The Hall–Kier alpha value is -2.69. The second kappa shape index (κ2) is 5.36. The third-order valence-electron chi connectivity index (χ3n) is 3.37. The molecule has 0 atom stereocenters. The number of carbonyl (C=O) groups is 1. The summed E-state index contributed by atoms with van der Waals surface area (Å²) in [7, 11) is 0. The predicted octanol–water partition coefficient (Wildman–Crippen LogP) is 2.95. The smallest absolute Gasteiger partial charge is 0.343 e. The molecule has 2 aromatic carbocycles. The zero-order valence-electron chi connectivity index (χ0n) is 12.0. The minimum absolute atomic E-state index is 0.0527. The molecule has 0 amide bonds. The number of carbonyl (C=O) groups excluding carboxylic acids is 1. The summed E-state index contributed by atoms with van der Waals surface area (Å²) in [5, 5.41) is 28.1. The van der Waals surface area contributed by atoms with E-state index in [0.717, 1.165) is 28.8 Å². The Balaban J connectivity index is 2.37. The van der Waals surface area contributed by atoms with Crippen LogP contribution in [0.4, 0.5) is 0 Å². The van der Waals surface area contributed by atoms with Crippen LogP contribution in [0.3, 0.4) is 0 Å². The first-order chi connectivity index (χ1) is 9.81. The molecule has 0 radical (unpaired) electrons. The van der Waals surface area contributed by atoms with E-state index >= 15 is 0 Å². The third kappa shape index (κ3) is 2.76. The standard InChI is InChI=1S/C16H16O5/c1-8-4-5-9(2)15(10(8)3)21-16(20)11-6-12(17)14(19)13(18)7-11/h4-7,17-19H,1-3H3. The normalized spacial score (nSPS) is 10.4. The van der Waals surface area contributed by atoms with E-state index in [-0.39, 0.29) is 5.56 Å². The van der Waals surface area contributed by atoms with Crippen molar-refractivity contribution >= 4 is 5.97 Å². The molecule has 2 aromatic rings. The van der Waals surface area contributed by atoms with Crippen LogP contribution in [0.5, 0.6) is 23.0 Å². The lowest BCUT2D eigenvalue weighted by Gasteiger charge is -2.13. The van der Waals surface area contributed by atoms with Crippen LogP contribution in [0.1, 0.15) is 27.0 Å². The molecular weight excluding hydrogens is 272 g/mol. The molecule has 0 saturated heterocycles. The monoisotopic (exact) mass is 288 g/mol. The number of rotatable bonds is 2. The highest BCUT2D eigenvalue weighted by atomic mass is 16.5. The van der Waals surface area contributed by atoms with E-state index in [4.69, 9.17) is 4.74 Å². The van der Waals surface area contributed by atoms with Crippen molar-refractivity contribution in [2.24, 2.45) is 0 Å². The van der Waals surface area contributed by atoms with Gasteiger partial charge in [-0.15, -0.1) is 0 Å². The summed E-state index contributed by atoms with van der Waals surface area (Å²) < 4.78 is 5.35. The Labute approximate surface area is 122 Å². The number of hydrogen-bond donors (Lipinski definition) is 3. The summed E-state index contributed by atoms with van der Waals surface area (Å²) in [6, 6.07) is 5.85. The Kier molecular flexibility index (Phi) is 3.76. The molecule has 0 fully saturated rings. The van der Waals surface area contributed by atoms with Crippen molar-refractivity contribution in [3.8, 4) is 23.0 Å². The van der Waals surface area contributed by atoms with Gasteiger partial charge in [-0.05, 0) is 49.6 Å². The van der Waals surface area contributed by atoms with Crippen molar-refractivity contribution in [1.82, 2.24) is 0 Å². The molecule has 2 rings (SSSR count). The summed E-state index contributed by atoms with van der Waals surface area (Å²) in [5.74, 6) is -2.11. The molecule has 0 saturated carbocycles.